The van der Waals surface area contributed by atoms with Gasteiger partial charge in [0.2, 0.25) is 5.88 Å². The molecule has 2 heterocycles. The molecule has 3 aromatic rings. The van der Waals surface area contributed by atoms with Crippen LogP contribution in [0.15, 0.2) is 70.5 Å². The Morgan fingerprint density at radius 1 is 1.19 bits per heavy atom. The van der Waals surface area contributed by atoms with Crippen LogP contribution in [0.25, 0.3) is 6.08 Å². The topological polar surface area (TPSA) is 98.5 Å². The molecule has 0 bridgehead atoms. The number of halogens is 2. The van der Waals surface area contributed by atoms with Crippen molar-refractivity contribution < 1.29 is 18.7 Å². The van der Waals surface area contributed by atoms with Gasteiger partial charge in [0.15, 0.2) is 0 Å². The first-order valence-electron chi connectivity index (χ1n) is 9.48. The van der Waals surface area contributed by atoms with Crippen LogP contribution in [0.2, 0.25) is 10.0 Å². The molecule has 0 spiro atoms. The van der Waals surface area contributed by atoms with E-state index in [0.717, 1.165) is 0 Å². The largest absolute Gasteiger partial charge is 0.465 e. The minimum Gasteiger partial charge on any atom is -0.465 e. The van der Waals surface area contributed by atoms with Crippen LogP contribution < -0.4 is 15.2 Å². The van der Waals surface area contributed by atoms with Gasteiger partial charge in [-0.05, 0) is 48.9 Å². The third kappa shape index (κ3) is 4.35. The highest BCUT2D eigenvalue weighted by Crippen LogP contribution is 2.43. The summed E-state index contributed by atoms with van der Waals surface area (Å²) in [6.07, 6.45) is 2.79. The molecule has 1 aliphatic rings. The average molecular weight is 467 g/mol. The van der Waals surface area contributed by atoms with Crippen LogP contribution in [0.5, 0.6) is 11.5 Å². The van der Waals surface area contributed by atoms with Crippen molar-refractivity contribution in [3.63, 3.8) is 0 Å². The van der Waals surface area contributed by atoms with Crippen molar-refractivity contribution in [2.24, 2.45) is 5.73 Å². The molecule has 6 nitrogen and oxygen atoms in total. The Bertz CT molecular complexity index is 1320. The zero-order valence-corrected chi connectivity index (χ0v) is 18.3. The van der Waals surface area contributed by atoms with Crippen molar-refractivity contribution >= 4 is 35.2 Å². The van der Waals surface area contributed by atoms with Crippen LogP contribution >= 0.6 is 23.2 Å². The quantitative estimate of drug-likeness (QED) is 0.299. The number of allylic oxidation sites excluding steroid dienone is 1. The summed E-state index contributed by atoms with van der Waals surface area (Å²) in [6, 6.07) is 15.5. The van der Waals surface area contributed by atoms with Gasteiger partial charge in [-0.15, -0.1) is 0 Å². The van der Waals surface area contributed by atoms with Crippen molar-refractivity contribution in [2.75, 3.05) is 0 Å². The number of furan rings is 1. The Kier molecular flexibility index (Phi) is 5.95. The Morgan fingerprint density at radius 2 is 2.00 bits per heavy atom. The fourth-order valence-electron chi connectivity index (χ4n) is 3.34. The average Bonchev–Trinajstić information content (AvgIpc) is 3.18. The maximum Gasteiger partial charge on any atom is 0.336 e. The van der Waals surface area contributed by atoms with Gasteiger partial charge in [0.25, 0.3) is 0 Å². The number of ether oxygens (including phenoxy) is 2. The maximum absolute atomic E-state index is 12.3. The molecule has 0 fully saturated rings. The van der Waals surface area contributed by atoms with Crippen LogP contribution in [-0.4, -0.2) is 5.97 Å². The number of hydrogen-bond acceptors (Lipinski definition) is 6. The normalized spacial score (nSPS) is 15.2. The van der Waals surface area contributed by atoms with E-state index in [-0.39, 0.29) is 17.2 Å². The van der Waals surface area contributed by atoms with Crippen LogP contribution in [0.1, 0.15) is 28.6 Å². The van der Waals surface area contributed by atoms with Gasteiger partial charge in [-0.1, -0.05) is 35.3 Å². The standard InChI is InChI=1S/C24H16Cl2N2O4/c1-13-2-8-20(30-13)23-17-7-6-16(11-21(17)32-24(28)18(23)12-27)31-22(29)9-4-14-3-5-15(25)10-19(14)26/h2-11,23H,28H2,1H3/b9-4+. The summed E-state index contributed by atoms with van der Waals surface area (Å²) in [4.78, 5) is 12.3. The molecule has 1 aliphatic heterocycles. The molecule has 1 aromatic heterocycles. The van der Waals surface area contributed by atoms with E-state index < -0.39 is 11.9 Å². The van der Waals surface area contributed by atoms with Crippen LogP contribution in [0.3, 0.4) is 0 Å². The van der Waals surface area contributed by atoms with Gasteiger partial charge in [0, 0.05) is 27.8 Å². The Labute approximate surface area is 194 Å². The fraction of sp³-hybridized carbons (Fsp3) is 0.0833. The summed E-state index contributed by atoms with van der Waals surface area (Å²) in [5.74, 6) is 0.750. The van der Waals surface area contributed by atoms with Crippen LogP contribution in [0, 0.1) is 18.3 Å². The van der Waals surface area contributed by atoms with Gasteiger partial charge in [0.1, 0.15) is 34.7 Å². The molecule has 1 atom stereocenters. The predicted octanol–water partition coefficient (Wildman–Crippen LogP) is 5.73. The number of esters is 1. The summed E-state index contributed by atoms with van der Waals surface area (Å²) in [6.45, 7) is 1.82. The molecule has 8 heteroatoms. The van der Waals surface area contributed by atoms with E-state index in [1.807, 2.05) is 13.0 Å². The predicted molar refractivity (Wildman–Crippen MR) is 120 cm³/mol. The molecule has 0 saturated carbocycles. The molecule has 0 amide bonds. The van der Waals surface area contributed by atoms with E-state index in [1.165, 1.54) is 12.2 Å². The van der Waals surface area contributed by atoms with Gasteiger partial charge in [-0.2, -0.15) is 5.26 Å². The first-order chi connectivity index (χ1) is 15.4. The highest BCUT2D eigenvalue weighted by molar-refractivity contribution is 6.35. The van der Waals surface area contributed by atoms with Crippen molar-refractivity contribution in [1.82, 2.24) is 0 Å². The van der Waals surface area contributed by atoms with Crippen molar-refractivity contribution in [2.45, 2.75) is 12.8 Å². The minimum absolute atomic E-state index is 0.0280. The van der Waals surface area contributed by atoms with E-state index in [1.54, 1.807) is 42.5 Å². The van der Waals surface area contributed by atoms with E-state index >= 15 is 0 Å². The zero-order chi connectivity index (χ0) is 22.8. The molecule has 4 rings (SSSR count). The van der Waals surface area contributed by atoms with Crippen LogP contribution in [0.4, 0.5) is 0 Å². The SMILES string of the molecule is Cc1ccc(C2C(C#N)=C(N)Oc3cc(OC(=O)/C=C/c4ccc(Cl)cc4Cl)ccc32)o1. The summed E-state index contributed by atoms with van der Waals surface area (Å²) in [5.41, 5.74) is 7.53. The van der Waals surface area contributed by atoms with Gasteiger partial charge in [-0.25, -0.2) is 4.79 Å². The molecule has 0 radical (unpaired) electrons. The number of nitriles is 1. The first kappa shape index (κ1) is 21.6. The highest BCUT2D eigenvalue weighted by atomic mass is 35.5. The van der Waals surface area contributed by atoms with E-state index in [9.17, 15) is 10.1 Å². The van der Waals surface area contributed by atoms with Crippen LogP contribution in [-0.2, 0) is 4.79 Å². The zero-order valence-electron chi connectivity index (χ0n) is 16.8. The Balaban J connectivity index is 1.58. The smallest absolute Gasteiger partial charge is 0.336 e. The molecule has 32 heavy (non-hydrogen) atoms. The van der Waals surface area contributed by atoms with Gasteiger partial charge >= 0.3 is 5.97 Å². The summed E-state index contributed by atoms with van der Waals surface area (Å²) in [7, 11) is 0. The number of carbonyl (C=O) groups is 1. The van der Waals surface area contributed by atoms with Crippen molar-refractivity contribution in [1.29, 1.82) is 5.26 Å². The molecule has 2 aromatic carbocycles. The third-order valence-electron chi connectivity index (χ3n) is 4.82. The lowest BCUT2D eigenvalue weighted by Gasteiger charge is -2.25. The highest BCUT2D eigenvalue weighted by Gasteiger charge is 2.33. The number of rotatable bonds is 4. The number of benzene rings is 2. The monoisotopic (exact) mass is 466 g/mol. The van der Waals surface area contributed by atoms with Gasteiger partial charge in [-0.3, -0.25) is 0 Å². The lowest BCUT2D eigenvalue weighted by Crippen LogP contribution is -2.21. The van der Waals surface area contributed by atoms with Gasteiger partial charge < -0.3 is 19.6 Å². The second kappa shape index (κ2) is 8.83. The number of carbonyl (C=O) groups excluding carboxylic acids is 1. The van der Waals surface area contributed by atoms with E-state index in [2.05, 4.69) is 6.07 Å². The summed E-state index contributed by atoms with van der Waals surface area (Å²) >= 11 is 12.0. The van der Waals surface area contributed by atoms with E-state index in [4.69, 9.17) is 42.8 Å². The fourth-order valence-corrected chi connectivity index (χ4v) is 3.82. The molecular formula is C24H16Cl2N2O4. The molecule has 1 unspecified atom stereocenters. The molecular weight excluding hydrogens is 451 g/mol. The molecule has 0 aliphatic carbocycles. The number of nitrogens with zero attached hydrogens (tertiary/aromatic N) is 1. The Morgan fingerprint density at radius 3 is 2.69 bits per heavy atom. The minimum atomic E-state index is -0.605. The number of hydrogen-bond donors (Lipinski definition) is 1. The summed E-state index contributed by atoms with van der Waals surface area (Å²) in [5, 5.41) is 10.5. The van der Waals surface area contributed by atoms with Crippen molar-refractivity contribution in [3.05, 3.63) is 98.8 Å². The van der Waals surface area contributed by atoms with E-state index in [0.29, 0.717) is 38.4 Å². The lowest BCUT2D eigenvalue weighted by molar-refractivity contribution is -0.128. The third-order valence-corrected chi connectivity index (χ3v) is 5.38. The lowest BCUT2D eigenvalue weighted by atomic mass is 9.87. The summed E-state index contributed by atoms with van der Waals surface area (Å²) < 4.78 is 16.7. The second-order valence-electron chi connectivity index (χ2n) is 6.99. The maximum atomic E-state index is 12.3. The van der Waals surface area contributed by atoms with Crippen molar-refractivity contribution in [3.8, 4) is 17.6 Å². The molecule has 160 valence electrons. The number of nitrogens with two attached hydrogens (primary N) is 1. The van der Waals surface area contributed by atoms with Gasteiger partial charge in [0.05, 0.1) is 5.92 Å². The second-order valence-corrected chi connectivity index (χ2v) is 7.84. The number of aryl methyl sites for hydroxylation is 1. The molecule has 2 N–H and O–H groups in total. The number of fused-ring (bicyclic) bond motifs is 1. The first-order valence-corrected chi connectivity index (χ1v) is 10.2. The Hall–Kier alpha value is -3.66. The molecule has 0 saturated heterocycles.